The van der Waals surface area contributed by atoms with E-state index in [-0.39, 0.29) is 11.9 Å². The molecule has 0 fully saturated rings. The van der Waals surface area contributed by atoms with Crippen molar-refractivity contribution in [3.8, 4) is 0 Å². The third kappa shape index (κ3) is 2.65. The zero-order chi connectivity index (χ0) is 12.1. The molecule has 0 radical (unpaired) electrons. The molecule has 2 N–H and O–H groups in total. The van der Waals surface area contributed by atoms with Gasteiger partial charge in [-0.25, -0.2) is 9.37 Å². The predicted molar refractivity (Wildman–Crippen MR) is 60.7 cm³/mol. The fraction of sp³-hybridized carbons (Fsp3) is 0.364. The average Bonchev–Trinajstić information content (AvgIpc) is 2.85. The summed E-state index contributed by atoms with van der Waals surface area (Å²) < 4.78 is 13.7. The van der Waals surface area contributed by atoms with Crippen LogP contribution in [0.2, 0.25) is 0 Å². The van der Waals surface area contributed by atoms with Gasteiger partial charge in [-0.05, 0) is 19.0 Å². The molecule has 0 spiro atoms. The molecule has 17 heavy (non-hydrogen) atoms. The van der Waals surface area contributed by atoms with Crippen LogP contribution in [0, 0.1) is 5.82 Å². The van der Waals surface area contributed by atoms with Gasteiger partial charge in [0.25, 0.3) is 0 Å². The van der Waals surface area contributed by atoms with E-state index in [4.69, 9.17) is 0 Å². The third-order valence-corrected chi connectivity index (χ3v) is 2.42. The summed E-state index contributed by atoms with van der Waals surface area (Å²) in [7, 11) is 0. The van der Waals surface area contributed by atoms with Crippen LogP contribution in [0.4, 0.5) is 4.39 Å². The summed E-state index contributed by atoms with van der Waals surface area (Å²) in [5, 5.41) is 9.78. The van der Waals surface area contributed by atoms with E-state index in [0.717, 1.165) is 13.0 Å². The van der Waals surface area contributed by atoms with Gasteiger partial charge in [0.05, 0.1) is 12.2 Å². The number of nitrogens with one attached hydrogen (secondary N) is 2. The Kier molecular flexibility index (Phi) is 3.77. The lowest BCUT2D eigenvalue weighted by Crippen LogP contribution is -2.25. The van der Waals surface area contributed by atoms with Gasteiger partial charge in [-0.15, -0.1) is 0 Å². The van der Waals surface area contributed by atoms with Gasteiger partial charge in [0.15, 0.2) is 0 Å². The Hall–Kier alpha value is -1.82. The van der Waals surface area contributed by atoms with Crippen LogP contribution in [0.25, 0.3) is 0 Å². The minimum atomic E-state index is -0.350. The Morgan fingerprint density at radius 3 is 3.06 bits per heavy atom. The SMILES string of the molecule is CCCNC(c1ncn[nH]1)c1ccncc1F. The maximum absolute atomic E-state index is 13.7. The van der Waals surface area contributed by atoms with Crippen molar-refractivity contribution < 1.29 is 4.39 Å². The molecule has 1 unspecified atom stereocenters. The van der Waals surface area contributed by atoms with Gasteiger partial charge in [0.2, 0.25) is 0 Å². The van der Waals surface area contributed by atoms with Crippen molar-refractivity contribution in [2.45, 2.75) is 19.4 Å². The van der Waals surface area contributed by atoms with Crippen LogP contribution in [0.5, 0.6) is 0 Å². The smallest absolute Gasteiger partial charge is 0.146 e. The molecule has 2 aromatic rings. The molecule has 0 bridgehead atoms. The second-order valence-corrected chi connectivity index (χ2v) is 3.66. The number of hydrogen-bond donors (Lipinski definition) is 2. The van der Waals surface area contributed by atoms with Crippen LogP contribution in [0.1, 0.15) is 30.8 Å². The van der Waals surface area contributed by atoms with Gasteiger partial charge in [-0.1, -0.05) is 6.92 Å². The lowest BCUT2D eigenvalue weighted by Gasteiger charge is -2.16. The fourth-order valence-electron chi connectivity index (χ4n) is 1.62. The Morgan fingerprint density at radius 2 is 2.41 bits per heavy atom. The summed E-state index contributed by atoms with van der Waals surface area (Å²) in [5.41, 5.74) is 0.519. The highest BCUT2D eigenvalue weighted by molar-refractivity contribution is 5.23. The largest absolute Gasteiger partial charge is 0.304 e. The second-order valence-electron chi connectivity index (χ2n) is 3.66. The number of aromatic nitrogens is 4. The molecule has 0 aliphatic heterocycles. The van der Waals surface area contributed by atoms with Gasteiger partial charge >= 0.3 is 0 Å². The van der Waals surface area contributed by atoms with Crippen molar-refractivity contribution in [2.24, 2.45) is 0 Å². The number of aromatic amines is 1. The molecule has 0 aromatic carbocycles. The van der Waals surface area contributed by atoms with E-state index in [0.29, 0.717) is 11.4 Å². The molecule has 0 amide bonds. The highest BCUT2D eigenvalue weighted by Gasteiger charge is 2.19. The van der Waals surface area contributed by atoms with E-state index < -0.39 is 0 Å². The Bertz CT molecular complexity index is 457. The first-order valence-electron chi connectivity index (χ1n) is 5.51. The normalized spacial score (nSPS) is 12.6. The molecule has 1 atom stereocenters. The summed E-state index contributed by atoms with van der Waals surface area (Å²) in [4.78, 5) is 7.81. The van der Waals surface area contributed by atoms with Crippen LogP contribution in [-0.4, -0.2) is 26.7 Å². The van der Waals surface area contributed by atoms with Crippen molar-refractivity contribution in [3.05, 3.63) is 42.0 Å². The summed E-state index contributed by atoms with van der Waals surface area (Å²) in [6.07, 6.45) is 5.13. The van der Waals surface area contributed by atoms with E-state index in [2.05, 4.69) is 25.5 Å². The lowest BCUT2D eigenvalue weighted by atomic mass is 10.1. The molecular formula is C11H14FN5. The summed E-state index contributed by atoms with van der Waals surface area (Å²) in [6.45, 7) is 2.82. The summed E-state index contributed by atoms with van der Waals surface area (Å²) in [6, 6.07) is 1.32. The Balaban J connectivity index is 2.30. The molecule has 2 heterocycles. The minimum Gasteiger partial charge on any atom is -0.304 e. The van der Waals surface area contributed by atoms with E-state index in [9.17, 15) is 4.39 Å². The number of rotatable bonds is 5. The minimum absolute atomic E-state index is 0.319. The molecule has 2 rings (SSSR count). The second kappa shape index (κ2) is 5.49. The van der Waals surface area contributed by atoms with Crippen LogP contribution in [0.3, 0.4) is 0 Å². The Labute approximate surface area is 98.5 Å². The first kappa shape index (κ1) is 11.7. The average molecular weight is 235 g/mol. The maximum Gasteiger partial charge on any atom is 0.146 e. The van der Waals surface area contributed by atoms with E-state index >= 15 is 0 Å². The van der Waals surface area contributed by atoms with Crippen molar-refractivity contribution in [3.63, 3.8) is 0 Å². The van der Waals surface area contributed by atoms with Gasteiger partial charge in [0.1, 0.15) is 18.0 Å². The maximum atomic E-state index is 13.7. The van der Waals surface area contributed by atoms with Gasteiger partial charge in [-0.3, -0.25) is 10.1 Å². The highest BCUT2D eigenvalue weighted by Crippen LogP contribution is 2.20. The zero-order valence-corrected chi connectivity index (χ0v) is 9.52. The van der Waals surface area contributed by atoms with Crippen molar-refractivity contribution in [1.82, 2.24) is 25.5 Å². The van der Waals surface area contributed by atoms with E-state index in [1.54, 1.807) is 12.3 Å². The monoisotopic (exact) mass is 235 g/mol. The zero-order valence-electron chi connectivity index (χ0n) is 9.52. The molecular weight excluding hydrogens is 221 g/mol. The molecule has 0 aliphatic rings. The van der Waals surface area contributed by atoms with Gasteiger partial charge in [-0.2, -0.15) is 5.10 Å². The quantitative estimate of drug-likeness (QED) is 0.822. The van der Waals surface area contributed by atoms with Crippen molar-refractivity contribution in [2.75, 3.05) is 6.54 Å². The lowest BCUT2D eigenvalue weighted by molar-refractivity contribution is 0.528. The number of pyridine rings is 1. The van der Waals surface area contributed by atoms with Gasteiger partial charge in [0, 0.05) is 11.8 Å². The first-order valence-corrected chi connectivity index (χ1v) is 5.51. The standard InChI is InChI=1S/C11H14FN5/c1-2-4-14-10(11-15-7-16-17-11)8-3-5-13-6-9(8)12/h3,5-7,10,14H,2,4H2,1H3,(H,15,16,17). The van der Waals surface area contributed by atoms with Crippen LogP contribution in [0.15, 0.2) is 24.8 Å². The number of hydrogen-bond acceptors (Lipinski definition) is 4. The van der Waals surface area contributed by atoms with E-state index in [1.165, 1.54) is 12.5 Å². The van der Waals surface area contributed by atoms with Crippen LogP contribution >= 0.6 is 0 Å². The molecule has 6 heteroatoms. The highest BCUT2D eigenvalue weighted by atomic mass is 19.1. The van der Waals surface area contributed by atoms with Gasteiger partial charge < -0.3 is 5.32 Å². The van der Waals surface area contributed by atoms with Crippen molar-refractivity contribution in [1.29, 1.82) is 0 Å². The summed E-state index contributed by atoms with van der Waals surface area (Å²) >= 11 is 0. The Morgan fingerprint density at radius 1 is 1.53 bits per heavy atom. The molecule has 0 saturated heterocycles. The topological polar surface area (TPSA) is 66.5 Å². The third-order valence-electron chi connectivity index (χ3n) is 2.42. The van der Waals surface area contributed by atoms with Crippen LogP contribution < -0.4 is 5.32 Å². The fourth-order valence-corrected chi connectivity index (χ4v) is 1.62. The molecule has 90 valence electrons. The number of nitrogens with zero attached hydrogens (tertiary/aromatic N) is 3. The molecule has 0 aliphatic carbocycles. The molecule has 2 aromatic heterocycles. The summed E-state index contributed by atoms with van der Waals surface area (Å²) in [5.74, 6) is 0.251. The van der Waals surface area contributed by atoms with Crippen LogP contribution in [-0.2, 0) is 0 Å². The number of halogens is 1. The predicted octanol–water partition coefficient (Wildman–Crippen LogP) is 1.43. The molecule has 5 nitrogen and oxygen atoms in total. The van der Waals surface area contributed by atoms with E-state index in [1.807, 2.05) is 6.92 Å². The van der Waals surface area contributed by atoms with Crippen molar-refractivity contribution >= 4 is 0 Å². The molecule has 0 saturated carbocycles. The number of H-pyrrole nitrogens is 1. The first-order chi connectivity index (χ1) is 8.33.